The molecule has 1 saturated heterocycles. The maximum absolute atomic E-state index is 14.3. The molecule has 0 unspecified atom stereocenters. The number of anilines is 1. The molecular formula is C22H18ClFN2O6S. The zero-order valence-electron chi connectivity index (χ0n) is 17.5. The molecule has 3 rings (SSSR count). The first-order valence-electron chi connectivity index (χ1n) is 9.58. The molecule has 2 aromatic carbocycles. The van der Waals surface area contributed by atoms with Gasteiger partial charge >= 0.3 is 5.97 Å². The van der Waals surface area contributed by atoms with Crippen LogP contribution in [0.4, 0.5) is 10.1 Å². The van der Waals surface area contributed by atoms with Crippen LogP contribution in [0.1, 0.15) is 12.5 Å². The van der Waals surface area contributed by atoms with Crippen molar-refractivity contribution in [1.82, 2.24) is 5.32 Å². The van der Waals surface area contributed by atoms with E-state index in [1.807, 2.05) is 0 Å². The van der Waals surface area contributed by atoms with Crippen molar-refractivity contribution in [3.8, 4) is 11.5 Å². The van der Waals surface area contributed by atoms with Gasteiger partial charge in [-0.3, -0.25) is 14.9 Å². The summed E-state index contributed by atoms with van der Waals surface area (Å²) in [6.07, 6.45) is 1.26. The van der Waals surface area contributed by atoms with E-state index in [9.17, 15) is 18.8 Å². The van der Waals surface area contributed by atoms with E-state index in [4.69, 9.17) is 38.0 Å². The van der Waals surface area contributed by atoms with Gasteiger partial charge in [-0.2, -0.15) is 0 Å². The van der Waals surface area contributed by atoms with E-state index in [1.165, 1.54) is 49.6 Å². The molecule has 1 fully saturated rings. The van der Waals surface area contributed by atoms with Crippen LogP contribution in [0, 0.1) is 5.82 Å². The fourth-order valence-electron chi connectivity index (χ4n) is 2.97. The number of halogens is 2. The summed E-state index contributed by atoms with van der Waals surface area (Å²) in [5.41, 5.74) is -0.0815. The van der Waals surface area contributed by atoms with E-state index in [0.29, 0.717) is 5.56 Å². The number of esters is 1. The highest BCUT2D eigenvalue weighted by atomic mass is 35.5. The van der Waals surface area contributed by atoms with E-state index >= 15 is 0 Å². The monoisotopic (exact) mass is 492 g/mol. The van der Waals surface area contributed by atoms with Gasteiger partial charge in [0.25, 0.3) is 11.8 Å². The number of hydrogen-bond donors (Lipinski definition) is 1. The molecule has 33 heavy (non-hydrogen) atoms. The molecule has 1 N–H and O–H groups in total. The minimum absolute atomic E-state index is 0.0654. The zero-order chi connectivity index (χ0) is 24.1. The molecule has 0 aromatic heterocycles. The van der Waals surface area contributed by atoms with Crippen molar-refractivity contribution in [2.75, 3.05) is 25.2 Å². The molecule has 0 radical (unpaired) electrons. The van der Waals surface area contributed by atoms with E-state index in [0.717, 1.165) is 4.90 Å². The van der Waals surface area contributed by atoms with E-state index < -0.39 is 23.6 Å². The highest BCUT2D eigenvalue weighted by Gasteiger charge is 2.35. The van der Waals surface area contributed by atoms with Gasteiger partial charge in [0.1, 0.15) is 11.4 Å². The maximum Gasteiger partial charge on any atom is 0.344 e. The lowest BCUT2D eigenvalue weighted by atomic mass is 10.1. The molecule has 1 aliphatic rings. The first kappa shape index (κ1) is 24.1. The predicted molar refractivity (Wildman–Crippen MR) is 123 cm³/mol. The maximum atomic E-state index is 14.3. The number of amides is 2. The standard InChI is InChI=1S/C22H18ClFN2O6S/c1-3-31-18(27)11-32-19-14(23)9-12(10-17(19)30-2)8-13-20(28)25-22(33)26(21(13)29)16-7-5-4-6-15(16)24/h4-10H,3,11H2,1-2H3,(H,25,28,33)/b13-8+. The second-order valence-corrected chi connectivity index (χ2v) is 7.33. The van der Waals surface area contributed by atoms with Crippen LogP contribution in [-0.4, -0.2) is 43.2 Å². The molecule has 2 aromatic rings. The molecular weight excluding hydrogens is 475 g/mol. The number of nitrogens with zero attached hydrogens (tertiary/aromatic N) is 1. The second kappa shape index (κ2) is 10.4. The number of carbonyl (C=O) groups is 3. The quantitative estimate of drug-likeness (QED) is 0.274. The van der Waals surface area contributed by atoms with Gasteiger partial charge in [0.2, 0.25) is 0 Å². The summed E-state index contributed by atoms with van der Waals surface area (Å²) < 4.78 is 29.8. The molecule has 2 amide bonds. The van der Waals surface area contributed by atoms with Crippen LogP contribution in [0.15, 0.2) is 42.0 Å². The molecule has 0 bridgehead atoms. The van der Waals surface area contributed by atoms with Crippen molar-refractivity contribution in [3.05, 3.63) is 58.4 Å². The summed E-state index contributed by atoms with van der Waals surface area (Å²) in [5, 5.41) is 2.20. The Balaban J connectivity index is 1.95. The van der Waals surface area contributed by atoms with Gasteiger partial charge in [-0.25, -0.2) is 14.1 Å². The van der Waals surface area contributed by atoms with Gasteiger partial charge in [0.15, 0.2) is 23.2 Å². The molecule has 0 atom stereocenters. The number of carbonyl (C=O) groups excluding carboxylic acids is 3. The van der Waals surface area contributed by atoms with Crippen molar-refractivity contribution in [1.29, 1.82) is 0 Å². The van der Waals surface area contributed by atoms with Crippen LogP contribution in [0.5, 0.6) is 11.5 Å². The van der Waals surface area contributed by atoms with Crippen LogP contribution < -0.4 is 19.7 Å². The lowest BCUT2D eigenvalue weighted by Crippen LogP contribution is -2.54. The molecule has 0 aliphatic carbocycles. The third-order valence-corrected chi connectivity index (χ3v) is 4.96. The number of thiocarbonyl (C=S) groups is 1. The number of methoxy groups -OCH3 is 1. The SMILES string of the molecule is CCOC(=O)COc1c(Cl)cc(/C=C2\C(=O)NC(=S)N(c3ccccc3F)C2=O)cc1OC. The second-order valence-electron chi connectivity index (χ2n) is 6.54. The van der Waals surface area contributed by atoms with Gasteiger partial charge in [0.05, 0.1) is 24.4 Å². The topological polar surface area (TPSA) is 94.2 Å². The smallest absolute Gasteiger partial charge is 0.344 e. The van der Waals surface area contributed by atoms with Crippen molar-refractivity contribution >= 4 is 58.5 Å². The first-order valence-corrected chi connectivity index (χ1v) is 10.4. The Morgan fingerprint density at radius 3 is 2.67 bits per heavy atom. The van der Waals surface area contributed by atoms with Gasteiger partial charge < -0.3 is 14.2 Å². The first-order chi connectivity index (χ1) is 15.8. The third-order valence-electron chi connectivity index (χ3n) is 4.40. The van der Waals surface area contributed by atoms with Crippen LogP contribution in [-0.2, 0) is 19.1 Å². The van der Waals surface area contributed by atoms with Crippen LogP contribution in [0.2, 0.25) is 5.02 Å². The van der Waals surface area contributed by atoms with Crippen molar-refractivity contribution < 1.29 is 33.0 Å². The Morgan fingerprint density at radius 1 is 1.27 bits per heavy atom. The largest absolute Gasteiger partial charge is 0.493 e. The number of para-hydroxylation sites is 1. The van der Waals surface area contributed by atoms with Crippen molar-refractivity contribution in [2.24, 2.45) is 0 Å². The van der Waals surface area contributed by atoms with Gasteiger partial charge in [-0.1, -0.05) is 23.7 Å². The Morgan fingerprint density at radius 2 is 2.00 bits per heavy atom. The molecule has 1 heterocycles. The highest BCUT2D eigenvalue weighted by Crippen LogP contribution is 2.37. The average Bonchev–Trinajstić information content (AvgIpc) is 2.77. The summed E-state index contributed by atoms with van der Waals surface area (Å²) in [6, 6.07) is 8.41. The molecule has 11 heteroatoms. The molecule has 8 nitrogen and oxygen atoms in total. The number of ether oxygens (including phenoxy) is 3. The van der Waals surface area contributed by atoms with Crippen LogP contribution in [0.3, 0.4) is 0 Å². The van der Waals surface area contributed by atoms with Crippen LogP contribution >= 0.6 is 23.8 Å². The van der Waals surface area contributed by atoms with Crippen LogP contribution in [0.25, 0.3) is 6.08 Å². The molecule has 1 aliphatic heterocycles. The summed E-state index contributed by atoms with van der Waals surface area (Å²) >= 11 is 11.4. The fourth-order valence-corrected chi connectivity index (χ4v) is 3.52. The number of hydrogen-bond acceptors (Lipinski definition) is 7. The van der Waals surface area contributed by atoms with Gasteiger partial charge in [-0.05, 0) is 55.0 Å². The van der Waals surface area contributed by atoms with Gasteiger partial charge in [0, 0.05) is 0 Å². The van der Waals surface area contributed by atoms with E-state index in [-0.39, 0.29) is 46.1 Å². The summed E-state index contributed by atoms with van der Waals surface area (Å²) in [5.74, 6) is -2.60. The third kappa shape index (κ3) is 5.29. The Bertz CT molecular complexity index is 1170. The lowest BCUT2D eigenvalue weighted by Gasteiger charge is -2.29. The normalized spacial score (nSPS) is 14.8. The minimum atomic E-state index is -0.813. The summed E-state index contributed by atoms with van der Waals surface area (Å²) in [4.78, 5) is 38.0. The number of benzene rings is 2. The number of rotatable bonds is 7. The summed E-state index contributed by atoms with van der Waals surface area (Å²) in [6.45, 7) is 1.47. The van der Waals surface area contributed by atoms with Gasteiger partial charge in [-0.15, -0.1) is 0 Å². The summed E-state index contributed by atoms with van der Waals surface area (Å²) in [7, 11) is 1.36. The predicted octanol–water partition coefficient (Wildman–Crippen LogP) is 3.26. The highest BCUT2D eigenvalue weighted by molar-refractivity contribution is 7.80. The Kier molecular flexibility index (Phi) is 7.62. The fraction of sp³-hybridized carbons (Fsp3) is 0.182. The lowest BCUT2D eigenvalue weighted by molar-refractivity contribution is -0.145. The zero-order valence-corrected chi connectivity index (χ0v) is 19.1. The molecule has 0 spiro atoms. The van der Waals surface area contributed by atoms with Crippen molar-refractivity contribution in [2.45, 2.75) is 6.92 Å². The molecule has 0 saturated carbocycles. The number of nitrogens with one attached hydrogen (secondary N) is 1. The Labute approximate surface area is 198 Å². The van der Waals surface area contributed by atoms with Crippen molar-refractivity contribution in [3.63, 3.8) is 0 Å². The minimum Gasteiger partial charge on any atom is -0.493 e. The Hall–Kier alpha value is -3.50. The molecule has 172 valence electrons. The van der Waals surface area contributed by atoms with E-state index in [2.05, 4.69) is 5.32 Å². The van der Waals surface area contributed by atoms with E-state index in [1.54, 1.807) is 6.92 Å². The average molecular weight is 493 g/mol.